The van der Waals surface area contributed by atoms with Crippen molar-refractivity contribution >= 4 is 33.7 Å². The molecule has 0 unspecified atom stereocenters. The first-order valence-corrected chi connectivity index (χ1v) is 11.3. The second kappa shape index (κ2) is 9.95. The first-order valence-electron chi connectivity index (χ1n) is 11.3. The molecule has 0 atom stereocenters. The number of benzene rings is 3. The quantitative estimate of drug-likeness (QED) is 0.328. The molecule has 176 valence electrons. The summed E-state index contributed by atoms with van der Waals surface area (Å²) in [6.07, 6.45) is -0.524. The predicted octanol–water partition coefficient (Wildman–Crippen LogP) is 5.75. The smallest absolute Gasteiger partial charge is 0.409 e. The average Bonchev–Trinajstić information content (AvgIpc) is 3.11. The van der Waals surface area contributed by atoms with E-state index in [1.807, 2.05) is 47.0 Å². The number of aromatic nitrogens is 1. The molecular formula is C27H27FN2O4. The lowest BCUT2D eigenvalue weighted by Crippen LogP contribution is -2.28. The molecule has 7 heteroatoms. The molecule has 4 aromatic rings. The molecule has 0 N–H and O–H groups in total. The maximum absolute atomic E-state index is 14.3. The van der Waals surface area contributed by atoms with Gasteiger partial charge in [0.2, 0.25) is 0 Å². The molecule has 0 aliphatic carbocycles. The minimum Gasteiger partial charge on any atom is -0.461 e. The summed E-state index contributed by atoms with van der Waals surface area (Å²) < 4.78 is 26.7. The van der Waals surface area contributed by atoms with E-state index in [1.165, 1.54) is 17.0 Å². The molecule has 34 heavy (non-hydrogen) atoms. The zero-order valence-corrected chi connectivity index (χ0v) is 19.5. The topological polar surface area (TPSA) is 60.8 Å². The Bertz CT molecular complexity index is 1360. The Labute approximate surface area is 197 Å². The maximum Gasteiger partial charge on any atom is 0.409 e. The molecule has 6 nitrogen and oxygen atoms in total. The Hall–Kier alpha value is -3.87. The van der Waals surface area contributed by atoms with E-state index in [9.17, 15) is 14.0 Å². The normalized spacial score (nSPS) is 11.1. The molecule has 1 heterocycles. The van der Waals surface area contributed by atoms with Crippen LogP contribution >= 0.6 is 0 Å². The van der Waals surface area contributed by atoms with Crippen LogP contribution in [0.2, 0.25) is 0 Å². The Kier molecular flexibility index (Phi) is 6.82. The van der Waals surface area contributed by atoms with Crippen LogP contribution in [0.25, 0.3) is 21.7 Å². The molecule has 0 saturated heterocycles. The van der Waals surface area contributed by atoms with Crippen molar-refractivity contribution in [1.82, 2.24) is 9.47 Å². The lowest BCUT2D eigenvalue weighted by molar-refractivity contribution is 0.0511. The third-order valence-corrected chi connectivity index (χ3v) is 5.78. The lowest BCUT2D eigenvalue weighted by atomic mass is 10.0. The van der Waals surface area contributed by atoms with E-state index in [-0.39, 0.29) is 19.8 Å². The fourth-order valence-corrected chi connectivity index (χ4v) is 4.29. The van der Waals surface area contributed by atoms with E-state index < -0.39 is 17.9 Å². The highest BCUT2D eigenvalue weighted by Crippen LogP contribution is 2.31. The second-order valence-electron chi connectivity index (χ2n) is 7.99. The first-order chi connectivity index (χ1) is 16.4. The monoisotopic (exact) mass is 462 g/mol. The first kappa shape index (κ1) is 23.3. The molecule has 0 aliphatic rings. The molecule has 1 aromatic heterocycles. The number of carbonyl (C=O) groups excluding carboxylic acids is 2. The van der Waals surface area contributed by atoms with Crippen molar-refractivity contribution in [1.29, 1.82) is 0 Å². The third kappa shape index (κ3) is 4.46. The van der Waals surface area contributed by atoms with Crippen LogP contribution in [0.4, 0.5) is 9.18 Å². The van der Waals surface area contributed by atoms with Gasteiger partial charge in [-0.15, -0.1) is 0 Å². The van der Waals surface area contributed by atoms with Gasteiger partial charge in [-0.1, -0.05) is 42.5 Å². The highest BCUT2D eigenvalue weighted by Gasteiger charge is 2.26. The minimum atomic E-state index is -0.524. The SMILES string of the molecule is CCOC(=O)c1c(CN(C)C(=O)OCC)c2cc(F)ccc2n1Cc1cccc2ccccc12. The molecule has 0 radical (unpaired) electrons. The molecule has 0 spiro atoms. The number of rotatable bonds is 7. The number of halogens is 1. The summed E-state index contributed by atoms with van der Waals surface area (Å²) in [4.78, 5) is 26.9. The summed E-state index contributed by atoms with van der Waals surface area (Å²) in [5.74, 6) is -0.947. The van der Waals surface area contributed by atoms with E-state index in [2.05, 4.69) is 0 Å². The van der Waals surface area contributed by atoms with Crippen LogP contribution in [0, 0.1) is 5.82 Å². The molecule has 4 rings (SSSR count). The summed E-state index contributed by atoms with van der Waals surface area (Å²) in [7, 11) is 1.58. The van der Waals surface area contributed by atoms with Crippen molar-refractivity contribution in [2.75, 3.05) is 20.3 Å². The number of fused-ring (bicyclic) bond motifs is 2. The summed E-state index contributed by atoms with van der Waals surface area (Å²) in [5, 5.41) is 2.70. The van der Waals surface area contributed by atoms with Gasteiger partial charge in [-0.05, 0) is 48.4 Å². The van der Waals surface area contributed by atoms with Gasteiger partial charge in [-0.3, -0.25) is 0 Å². The van der Waals surface area contributed by atoms with Gasteiger partial charge in [0.05, 0.1) is 19.8 Å². The Morgan fingerprint density at radius 3 is 2.44 bits per heavy atom. The van der Waals surface area contributed by atoms with Gasteiger partial charge in [-0.2, -0.15) is 0 Å². The van der Waals surface area contributed by atoms with Gasteiger partial charge >= 0.3 is 12.1 Å². The van der Waals surface area contributed by atoms with Crippen molar-refractivity contribution < 1.29 is 23.5 Å². The molecular weight excluding hydrogens is 435 g/mol. The van der Waals surface area contributed by atoms with Crippen molar-refractivity contribution in [3.05, 3.63) is 83.3 Å². The number of carbonyl (C=O) groups is 2. The fraction of sp³-hybridized carbons (Fsp3) is 0.259. The van der Waals surface area contributed by atoms with Gasteiger partial charge in [0.25, 0.3) is 0 Å². The standard InChI is InChI=1S/C27H27FN2O4/c1-4-33-26(31)25-23(17-29(3)27(32)34-5-2)22-15-20(28)13-14-24(22)30(25)16-19-11-8-10-18-9-6-7-12-21(18)19/h6-15H,4-5,16-17H2,1-3H3. The zero-order chi connectivity index (χ0) is 24.2. The van der Waals surface area contributed by atoms with Crippen molar-refractivity contribution in [3.63, 3.8) is 0 Å². The highest BCUT2D eigenvalue weighted by molar-refractivity contribution is 5.99. The molecule has 0 bridgehead atoms. The van der Waals surface area contributed by atoms with Crippen LogP contribution in [0.3, 0.4) is 0 Å². The second-order valence-corrected chi connectivity index (χ2v) is 7.99. The number of hydrogen-bond acceptors (Lipinski definition) is 4. The third-order valence-electron chi connectivity index (χ3n) is 5.78. The minimum absolute atomic E-state index is 0.0650. The van der Waals surface area contributed by atoms with Crippen molar-refractivity contribution in [3.8, 4) is 0 Å². The van der Waals surface area contributed by atoms with E-state index in [0.29, 0.717) is 28.7 Å². The van der Waals surface area contributed by atoms with Gasteiger partial charge in [-0.25, -0.2) is 14.0 Å². The molecule has 0 aliphatic heterocycles. The summed E-state index contributed by atoms with van der Waals surface area (Å²) in [5.41, 5.74) is 2.51. The number of nitrogens with zero attached hydrogens (tertiary/aromatic N) is 2. The van der Waals surface area contributed by atoms with E-state index in [4.69, 9.17) is 9.47 Å². The van der Waals surface area contributed by atoms with Crippen LogP contribution in [0.15, 0.2) is 60.7 Å². The number of hydrogen-bond donors (Lipinski definition) is 0. The largest absolute Gasteiger partial charge is 0.461 e. The number of esters is 1. The molecule has 3 aromatic carbocycles. The Morgan fingerprint density at radius 1 is 0.941 bits per heavy atom. The molecule has 0 saturated carbocycles. The van der Waals surface area contributed by atoms with E-state index in [1.54, 1.807) is 27.0 Å². The van der Waals surface area contributed by atoms with Gasteiger partial charge in [0, 0.05) is 30.1 Å². The predicted molar refractivity (Wildman–Crippen MR) is 129 cm³/mol. The van der Waals surface area contributed by atoms with Crippen LogP contribution in [0.5, 0.6) is 0 Å². The zero-order valence-electron chi connectivity index (χ0n) is 19.5. The van der Waals surface area contributed by atoms with Gasteiger partial charge < -0.3 is 18.9 Å². The number of amides is 1. The Balaban J connectivity index is 1.92. The Morgan fingerprint density at radius 2 is 1.68 bits per heavy atom. The molecule has 1 amide bonds. The van der Waals surface area contributed by atoms with Crippen molar-refractivity contribution in [2.24, 2.45) is 0 Å². The van der Waals surface area contributed by atoms with Crippen molar-refractivity contribution in [2.45, 2.75) is 26.9 Å². The summed E-state index contributed by atoms with van der Waals surface area (Å²) >= 11 is 0. The fourth-order valence-electron chi connectivity index (χ4n) is 4.29. The summed E-state index contributed by atoms with van der Waals surface area (Å²) in [6, 6.07) is 18.5. The lowest BCUT2D eigenvalue weighted by Gasteiger charge is -2.18. The van der Waals surface area contributed by atoms with Gasteiger partial charge in [0.15, 0.2) is 0 Å². The van der Waals surface area contributed by atoms with Crippen LogP contribution in [-0.2, 0) is 22.6 Å². The number of ether oxygens (including phenoxy) is 2. The summed E-state index contributed by atoms with van der Waals surface area (Å²) in [6.45, 7) is 4.32. The van der Waals surface area contributed by atoms with Gasteiger partial charge in [0.1, 0.15) is 11.5 Å². The average molecular weight is 463 g/mol. The van der Waals surface area contributed by atoms with Crippen LogP contribution in [0.1, 0.15) is 35.5 Å². The highest BCUT2D eigenvalue weighted by atomic mass is 19.1. The van der Waals surface area contributed by atoms with E-state index >= 15 is 0 Å². The maximum atomic E-state index is 14.3. The molecule has 0 fully saturated rings. The van der Waals surface area contributed by atoms with E-state index in [0.717, 1.165) is 16.3 Å². The van der Waals surface area contributed by atoms with Crippen LogP contribution < -0.4 is 0 Å². The van der Waals surface area contributed by atoms with Crippen LogP contribution in [-0.4, -0.2) is 41.8 Å².